The van der Waals surface area contributed by atoms with Crippen molar-refractivity contribution in [1.29, 1.82) is 0 Å². The standard InChI is InChI=1S/C40H43FN4O9.ClH/c1-49-31-5-4-6-32(29(31)20-42)54-37-18-26(9-11-35(37)51-3)40(48)45-14-13-33-30(22-45)44-39(47)23-52-36-17-24(7-10-34(36)50-2)8-12-38(46)43-21-25-15-27(41)19-28(16-25)53-33;/h4-7,9-11,15-19,30,33H,8,12-14,20-23,42H2,1-3H3,(H,43,46)(H,44,47);1H/t30-,33-;/m1./s1. The van der Waals surface area contributed by atoms with Crippen LogP contribution in [0.4, 0.5) is 4.39 Å². The molecule has 0 radical (unpaired) electrons. The van der Waals surface area contributed by atoms with E-state index in [2.05, 4.69) is 10.6 Å². The Balaban J connectivity index is 0.00000580. The van der Waals surface area contributed by atoms with Crippen molar-refractivity contribution in [3.05, 3.63) is 101 Å². The summed E-state index contributed by atoms with van der Waals surface area (Å²) in [5.41, 5.74) is 8.29. The van der Waals surface area contributed by atoms with Gasteiger partial charge < -0.3 is 49.7 Å². The average Bonchev–Trinajstić information content (AvgIpc) is 3.18. The zero-order valence-corrected chi connectivity index (χ0v) is 31.5. The molecule has 0 aliphatic carbocycles. The Morgan fingerprint density at radius 3 is 2.40 bits per heavy atom. The first-order chi connectivity index (χ1) is 26.2. The SMILES string of the molecule is COc1ccc2cc1OCC(=O)N[C@@H]1CN(C(=O)c3ccc(OC)c(Oc4cccc(OC)c4CN)c3)CC[C@H]1Oc1cc(F)cc(c1)CNC(=O)CC2.Cl. The van der Waals surface area contributed by atoms with Crippen LogP contribution in [0.2, 0.25) is 0 Å². The van der Waals surface area contributed by atoms with E-state index in [0.29, 0.717) is 64.0 Å². The number of fused-ring (bicyclic) bond motifs is 5. The van der Waals surface area contributed by atoms with Crippen molar-refractivity contribution in [2.75, 3.05) is 41.0 Å². The molecular weight excluding hydrogens is 735 g/mol. The van der Waals surface area contributed by atoms with Gasteiger partial charge in [0.15, 0.2) is 29.6 Å². The first kappa shape index (κ1) is 40.5. The summed E-state index contributed by atoms with van der Waals surface area (Å²) in [4.78, 5) is 41.8. The van der Waals surface area contributed by atoms with Gasteiger partial charge in [0.25, 0.3) is 11.8 Å². The molecule has 292 valence electrons. The molecule has 2 aliphatic heterocycles. The van der Waals surface area contributed by atoms with Crippen LogP contribution in [0, 0.1) is 5.82 Å². The number of hydrogen-bond acceptors (Lipinski definition) is 10. The Morgan fingerprint density at radius 2 is 1.64 bits per heavy atom. The molecule has 4 bridgehead atoms. The number of nitrogens with two attached hydrogens (primary N) is 1. The van der Waals surface area contributed by atoms with E-state index in [0.717, 1.165) is 5.56 Å². The van der Waals surface area contributed by atoms with Crippen LogP contribution >= 0.6 is 12.4 Å². The van der Waals surface area contributed by atoms with E-state index in [4.69, 9.17) is 34.2 Å². The largest absolute Gasteiger partial charge is 0.496 e. The Hall–Kier alpha value is -5.73. The normalized spacial score (nSPS) is 17.3. The van der Waals surface area contributed by atoms with E-state index in [1.807, 2.05) is 6.07 Å². The second-order valence-electron chi connectivity index (χ2n) is 12.8. The van der Waals surface area contributed by atoms with Gasteiger partial charge in [0.1, 0.15) is 29.2 Å². The van der Waals surface area contributed by atoms with Crippen molar-refractivity contribution in [2.24, 2.45) is 5.73 Å². The minimum Gasteiger partial charge on any atom is -0.496 e. The molecule has 0 saturated carbocycles. The number of hydrogen-bond donors (Lipinski definition) is 3. The topological polar surface area (TPSA) is 160 Å². The maximum Gasteiger partial charge on any atom is 0.258 e. The number of rotatable bonds is 7. The van der Waals surface area contributed by atoms with Gasteiger partial charge in [-0.15, -0.1) is 12.4 Å². The van der Waals surface area contributed by atoms with Crippen LogP contribution in [-0.2, 0) is 29.1 Å². The molecule has 4 N–H and O–H groups in total. The molecule has 4 aromatic carbocycles. The summed E-state index contributed by atoms with van der Waals surface area (Å²) in [5, 5.41) is 5.81. The maximum atomic E-state index is 14.8. The zero-order valence-electron chi connectivity index (χ0n) is 30.7. The molecule has 15 heteroatoms. The second kappa shape index (κ2) is 18.5. The number of nitrogens with zero attached hydrogens (tertiary/aromatic N) is 1. The highest BCUT2D eigenvalue weighted by molar-refractivity contribution is 5.95. The quantitative estimate of drug-likeness (QED) is 0.235. The van der Waals surface area contributed by atoms with Gasteiger partial charge in [-0.2, -0.15) is 0 Å². The Labute approximate surface area is 324 Å². The highest BCUT2D eigenvalue weighted by atomic mass is 35.5. The van der Waals surface area contributed by atoms with Crippen molar-refractivity contribution >= 4 is 30.1 Å². The first-order valence-electron chi connectivity index (χ1n) is 17.5. The molecule has 1 fully saturated rings. The van der Waals surface area contributed by atoms with Crippen LogP contribution in [0.5, 0.6) is 40.2 Å². The third-order valence-corrected chi connectivity index (χ3v) is 9.26. The third kappa shape index (κ3) is 9.88. The molecule has 2 heterocycles. The van der Waals surface area contributed by atoms with Crippen LogP contribution < -0.4 is 44.8 Å². The number of piperidine rings is 1. The van der Waals surface area contributed by atoms with Crippen LogP contribution in [0.25, 0.3) is 0 Å². The smallest absolute Gasteiger partial charge is 0.258 e. The number of amides is 3. The number of nitrogens with one attached hydrogen (secondary N) is 2. The van der Waals surface area contributed by atoms with Gasteiger partial charge in [0, 0.05) is 50.7 Å². The van der Waals surface area contributed by atoms with Crippen LogP contribution in [0.15, 0.2) is 72.8 Å². The lowest BCUT2D eigenvalue weighted by Crippen LogP contribution is -2.58. The molecule has 55 heavy (non-hydrogen) atoms. The number of methoxy groups -OCH3 is 3. The van der Waals surface area contributed by atoms with E-state index in [-0.39, 0.29) is 69.2 Å². The molecule has 4 aromatic rings. The minimum atomic E-state index is -0.713. The maximum absolute atomic E-state index is 14.8. The van der Waals surface area contributed by atoms with Crippen molar-refractivity contribution in [3.8, 4) is 40.2 Å². The minimum absolute atomic E-state index is 0. The summed E-state index contributed by atoms with van der Waals surface area (Å²) < 4.78 is 49.6. The monoisotopic (exact) mass is 778 g/mol. The Kier molecular flexibility index (Phi) is 13.6. The fourth-order valence-electron chi connectivity index (χ4n) is 6.51. The van der Waals surface area contributed by atoms with Crippen molar-refractivity contribution in [3.63, 3.8) is 0 Å². The van der Waals surface area contributed by atoms with E-state index >= 15 is 0 Å². The van der Waals surface area contributed by atoms with Crippen LogP contribution in [0.1, 0.15) is 39.9 Å². The number of halogens is 2. The van der Waals surface area contributed by atoms with Gasteiger partial charge >= 0.3 is 0 Å². The first-order valence-corrected chi connectivity index (χ1v) is 17.5. The van der Waals surface area contributed by atoms with Gasteiger partial charge in [-0.3, -0.25) is 14.4 Å². The van der Waals surface area contributed by atoms with Crippen molar-refractivity contribution in [2.45, 2.75) is 44.5 Å². The fourth-order valence-corrected chi connectivity index (χ4v) is 6.51. The average molecular weight is 779 g/mol. The summed E-state index contributed by atoms with van der Waals surface area (Å²) in [7, 11) is 4.54. The number of aryl methyl sites for hydroxylation is 1. The Morgan fingerprint density at radius 1 is 0.873 bits per heavy atom. The van der Waals surface area contributed by atoms with Crippen LogP contribution in [0.3, 0.4) is 0 Å². The third-order valence-electron chi connectivity index (χ3n) is 9.26. The van der Waals surface area contributed by atoms with Gasteiger partial charge in [-0.1, -0.05) is 12.1 Å². The summed E-state index contributed by atoms with van der Waals surface area (Å²) in [5.74, 6) is 1.17. The molecular formula is C40H44ClFN4O9. The highest BCUT2D eigenvalue weighted by Crippen LogP contribution is 2.37. The van der Waals surface area contributed by atoms with Crippen molar-refractivity contribution < 1.29 is 47.2 Å². The van der Waals surface area contributed by atoms with Crippen LogP contribution in [-0.4, -0.2) is 75.8 Å². The molecule has 0 unspecified atom stereocenters. The van der Waals surface area contributed by atoms with Crippen molar-refractivity contribution in [1.82, 2.24) is 15.5 Å². The molecule has 2 aliphatic rings. The summed E-state index contributed by atoms with van der Waals surface area (Å²) in [6.07, 6.45) is 0.253. The number of carbonyl (C=O) groups excluding carboxylic acids is 3. The molecule has 0 spiro atoms. The predicted octanol–water partition coefficient (Wildman–Crippen LogP) is 4.94. The van der Waals surface area contributed by atoms with E-state index < -0.39 is 23.9 Å². The highest BCUT2D eigenvalue weighted by Gasteiger charge is 2.35. The summed E-state index contributed by atoms with van der Waals surface area (Å²) in [6, 6.07) is 19.0. The molecule has 0 aromatic heterocycles. The number of likely N-dealkylation sites (tertiary alicyclic amines) is 1. The second-order valence-corrected chi connectivity index (χ2v) is 12.8. The van der Waals surface area contributed by atoms with Gasteiger partial charge in [0.05, 0.1) is 32.9 Å². The molecule has 1 saturated heterocycles. The predicted molar refractivity (Wildman–Crippen MR) is 203 cm³/mol. The lowest BCUT2D eigenvalue weighted by Gasteiger charge is -2.39. The van der Waals surface area contributed by atoms with E-state index in [9.17, 15) is 18.8 Å². The summed E-state index contributed by atoms with van der Waals surface area (Å²) >= 11 is 0. The summed E-state index contributed by atoms with van der Waals surface area (Å²) in [6.45, 7) is 0.223. The molecule has 6 rings (SSSR count). The zero-order chi connectivity index (χ0) is 38.2. The Bertz CT molecular complexity index is 2020. The van der Waals surface area contributed by atoms with Gasteiger partial charge in [-0.05, 0) is 72.1 Å². The molecule has 13 nitrogen and oxygen atoms in total. The van der Waals surface area contributed by atoms with E-state index in [1.165, 1.54) is 26.4 Å². The van der Waals surface area contributed by atoms with Gasteiger partial charge in [-0.25, -0.2) is 4.39 Å². The molecule has 3 amide bonds. The number of benzene rings is 4. The van der Waals surface area contributed by atoms with E-state index in [1.54, 1.807) is 66.6 Å². The number of ether oxygens (including phenoxy) is 6. The lowest BCUT2D eigenvalue weighted by atomic mass is 10.00. The fraction of sp³-hybridized carbons (Fsp3) is 0.325. The number of carbonyl (C=O) groups is 3. The van der Waals surface area contributed by atoms with Gasteiger partial charge in [0.2, 0.25) is 5.91 Å². The lowest BCUT2D eigenvalue weighted by molar-refractivity contribution is -0.125. The molecule has 2 atom stereocenters.